The zero-order valence-electron chi connectivity index (χ0n) is 10.6. The first-order valence-electron chi connectivity index (χ1n) is 5.99. The molecule has 1 heterocycles. The van der Waals surface area contributed by atoms with Gasteiger partial charge in [-0.05, 0) is 12.1 Å². The minimum absolute atomic E-state index is 0.268. The van der Waals surface area contributed by atoms with E-state index < -0.39 is 0 Å². The van der Waals surface area contributed by atoms with Crippen LogP contribution in [0, 0.1) is 0 Å². The number of benzene rings is 1. The van der Waals surface area contributed by atoms with Crippen LogP contribution < -0.4 is 16.4 Å². The van der Waals surface area contributed by atoms with Crippen LogP contribution in [0.25, 0.3) is 0 Å². The highest BCUT2D eigenvalue weighted by atomic mass is 32.1. The Morgan fingerprint density at radius 2 is 2.05 bits per heavy atom. The predicted molar refractivity (Wildman–Crippen MR) is 77.9 cm³/mol. The smallest absolute Gasteiger partial charge is 0.267 e. The Labute approximate surface area is 120 Å². The zero-order chi connectivity index (χ0) is 14.4. The number of rotatable bonds is 5. The van der Waals surface area contributed by atoms with E-state index in [9.17, 15) is 9.59 Å². The average Bonchev–Trinajstić information content (AvgIpc) is 2.99. The van der Waals surface area contributed by atoms with Crippen LogP contribution in [0.15, 0.2) is 36.0 Å². The van der Waals surface area contributed by atoms with Crippen LogP contribution in [0.5, 0.6) is 0 Å². The summed E-state index contributed by atoms with van der Waals surface area (Å²) in [5.41, 5.74) is 7.79. The molecule has 0 aliphatic heterocycles. The highest BCUT2D eigenvalue weighted by molar-refractivity contribution is 7.11. The molecule has 0 aliphatic carbocycles. The molecule has 0 spiro atoms. The van der Waals surface area contributed by atoms with Crippen molar-refractivity contribution in [2.45, 2.75) is 0 Å². The Morgan fingerprint density at radius 3 is 2.75 bits per heavy atom. The van der Waals surface area contributed by atoms with Gasteiger partial charge in [-0.1, -0.05) is 12.1 Å². The van der Waals surface area contributed by atoms with Gasteiger partial charge in [-0.3, -0.25) is 14.6 Å². The van der Waals surface area contributed by atoms with Crippen LogP contribution in [0.4, 0.5) is 5.69 Å². The molecule has 2 amide bonds. The number of nitrogens with one attached hydrogen (secondary N) is 2. The normalized spacial score (nSPS) is 10.1. The van der Waals surface area contributed by atoms with E-state index in [1.54, 1.807) is 29.8 Å². The molecule has 104 valence electrons. The van der Waals surface area contributed by atoms with Crippen molar-refractivity contribution >= 4 is 28.8 Å². The quantitative estimate of drug-likeness (QED) is 0.767. The number of aromatic nitrogens is 1. The van der Waals surface area contributed by atoms with Gasteiger partial charge in [0.2, 0.25) is 0 Å². The molecule has 0 atom stereocenters. The first-order valence-corrected chi connectivity index (χ1v) is 6.87. The summed E-state index contributed by atoms with van der Waals surface area (Å²) in [6, 6.07) is 6.81. The van der Waals surface area contributed by atoms with Gasteiger partial charge in [-0.15, -0.1) is 11.3 Å². The molecule has 0 fully saturated rings. The second-order valence-electron chi connectivity index (χ2n) is 3.91. The topological polar surface area (TPSA) is 97.1 Å². The van der Waals surface area contributed by atoms with Gasteiger partial charge >= 0.3 is 0 Å². The average molecular weight is 290 g/mol. The number of amides is 2. The fourth-order valence-corrected chi connectivity index (χ4v) is 2.10. The minimum atomic E-state index is -0.286. The van der Waals surface area contributed by atoms with E-state index in [1.807, 2.05) is 0 Å². The zero-order valence-corrected chi connectivity index (χ0v) is 11.4. The van der Waals surface area contributed by atoms with E-state index >= 15 is 0 Å². The number of hydrogen-bond acceptors (Lipinski definition) is 5. The van der Waals surface area contributed by atoms with Crippen molar-refractivity contribution < 1.29 is 9.59 Å². The van der Waals surface area contributed by atoms with Crippen molar-refractivity contribution in [1.82, 2.24) is 10.3 Å². The van der Waals surface area contributed by atoms with Crippen molar-refractivity contribution in [2.24, 2.45) is 5.73 Å². The molecule has 2 rings (SSSR count). The van der Waals surface area contributed by atoms with Crippen molar-refractivity contribution in [1.29, 1.82) is 0 Å². The van der Waals surface area contributed by atoms with Crippen molar-refractivity contribution in [2.75, 3.05) is 18.4 Å². The van der Waals surface area contributed by atoms with E-state index in [2.05, 4.69) is 15.6 Å². The molecule has 6 nitrogen and oxygen atoms in total. The Kier molecular flexibility index (Phi) is 4.80. The maximum absolute atomic E-state index is 12.0. The molecule has 4 N–H and O–H groups in total. The minimum Gasteiger partial charge on any atom is -0.351 e. The number of carbonyl (C=O) groups excluding carboxylic acids is 2. The molecular formula is C13H14N4O2S. The third kappa shape index (κ3) is 3.40. The molecule has 20 heavy (non-hydrogen) atoms. The summed E-state index contributed by atoms with van der Waals surface area (Å²) in [7, 11) is 0. The largest absolute Gasteiger partial charge is 0.351 e. The van der Waals surface area contributed by atoms with Gasteiger partial charge in [-0.2, -0.15) is 0 Å². The number of thiazole rings is 1. The summed E-state index contributed by atoms with van der Waals surface area (Å²) in [5, 5.41) is 5.38. The summed E-state index contributed by atoms with van der Waals surface area (Å²) in [6.45, 7) is 0.747. The fraction of sp³-hybridized carbons (Fsp3) is 0.154. The number of anilines is 1. The standard InChI is InChI=1S/C13H14N4O2S/c14-5-6-16-12(18)9-3-1-2-4-10(9)17-13(19)11-7-15-8-20-11/h1-4,7-8H,5-6,14H2,(H,16,18)(H,17,19). The number of nitrogens with two attached hydrogens (primary N) is 1. The van der Waals surface area contributed by atoms with Crippen LogP contribution in [-0.2, 0) is 0 Å². The van der Waals surface area contributed by atoms with E-state index in [-0.39, 0.29) is 11.8 Å². The Bertz CT molecular complexity index is 598. The lowest BCUT2D eigenvalue weighted by Gasteiger charge is -2.10. The lowest BCUT2D eigenvalue weighted by molar-refractivity contribution is 0.0955. The SMILES string of the molecule is NCCNC(=O)c1ccccc1NC(=O)c1cncs1. The molecule has 1 aromatic carbocycles. The molecule has 0 saturated heterocycles. The third-order valence-corrected chi connectivity index (χ3v) is 3.28. The number of para-hydroxylation sites is 1. The second-order valence-corrected chi connectivity index (χ2v) is 4.80. The first-order chi connectivity index (χ1) is 9.72. The van der Waals surface area contributed by atoms with Crippen LogP contribution in [0.1, 0.15) is 20.0 Å². The van der Waals surface area contributed by atoms with Gasteiger partial charge in [0.05, 0.1) is 23.0 Å². The van der Waals surface area contributed by atoms with Crippen molar-refractivity contribution in [3.63, 3.8) is 0 Å². The van der Waals surface area contributed by atoms with Gasteiger partial charge in [0, 0.05) is 13.1 Å². The molecular weight excluding hydrogens is 276 g/mol. The number of nitrogens with zero attached hydrogens (tertiary/aromatic N) is 1. The van der Waals surface area contributed by atoms with Crippen LogP contribution >= 0.6 is 11.3 Å². The summed E-state index contributed by atoms with van der Waals surface area (Å²) < 4.78 is 0. The maximum atomic E-state index is 12.0. The number of hydrogen-bond donors (Lipinski definition) is 3. The monoisotopic (exact) mass is 290 g/mol. The predicted octanol–water partition coefficient (Wildman–Crippen LogP) is 1.08. The van der Waals surface area contributed by atoms with Crippen LogP contribution in [0.3, 0.4) is 0 Å². The molecule has 0 radical (unpaired) electrons. The second kappa shape index (κ2) is 6.78. The van der Waals surface area contributed by atoms with Gasteiger partial charge < -0.3 is 16.4 Å². The van der Waals surface area contributed by atoms with E-state index in [1.165, 1.54) is 17.5 Å². The Morgan fingerprint density at radius 1 is 1.25 bits per heavy atom. The third-order valence-electron chi connectivity index (χ3n) is 2.51. The lowest BCUT2D eigenvalue weighted by Crippen LogP contribution is -2.29. The summed E-state index contributed by atoms with van der Waals surface area (Å²) in [5.74, 6) is -0.553. The molecule has 7 heteroatoms. The summed E-state index contributed by atoms with van der Waals surface area (Å²) in [4.78, 5) is 28.3. The van der Waals surface area contributed by atoms with E-state index in [0.29, 0.717) is 29.2 Å². The highest BCUT2D eigenvalue weighted by Gasteiger charge is 2.14. The lowest BCUT2D eigenvalue weighted by atomic mass is 10.1. The van der Waals surface area contributed by atoms with E-state index in [0.717, 1.165) is 0 Å². The maximum Gasteiger partial charge on any atom is 0.267 e. The molecule has 2 aromatic rings. The van der Waals surface area contributed by atoms with Gasteiger partial charge in [0.25, 0.3) is 11.8 Å². The van der Waals surface area contributed by atoms with Crippen molar-refractivity contribution in [3.05, 3.63) is 46.4 Å². The van der Waals surface area contributed by atoms with E-state index in [4.69, 9.17) is 5.73 Å². The Balaban J connectivity index is 2.15. The Hall–Kier alpha value is -2.25. The summed E-state index contributed by atoms with van der Waals surface area (Å²) in [6.07, 6.45) is 1.48. The molecule has 0 unspecified atom stereocenters. The first kappa shape index (κ1) is 14.2. The summed E-state index contributed by atoms with van der Waals surface area (Å²) >= 11 is 1.24. The molecule has 1 aromatic heterocycles. The van der Waals surface area contributed by atoms with Crippen LogP contribution in [0.2, 0.25) is 0 Å². The van der Waals surface area contributed by atoms with Gasteiger partial charge in [-0.25, -0.2) is 0 Å². The van der Waals surface area contributed by atoms with Gasteiger partial charge in [0.1, 0.15) is 4.88 Å². The highest BCUT2D eigenvalue weighted by Crippen LogP contribution is 2.17. The number of carbonyl (C=O) groups is 2. The van der Waals surface area contributed by atoms with Crippen LogP contribution in [-0.4, -0.2) is 29.9 Å². The fourth-order valence-electron chi connectivity index (χ4n) is 1.58. The molecule has 0 saturated carbocycles. The molecule has 0 aliphatic rings. The van der Waals surface area contributed by atoms with Gasteiger partial charge in [0.15, 0.2) is 0 Å². The molecule has 0 bridgehead atoms. The van der Waals surface area contributed by atoms with Crippen molar-refractivity contribution in [3.8, 4) is 0 Å².